The molecule has 0 aliphatic carbocycles. The standard InChI is InChI=1S/C23H21N5OS/c1-16-8-6-7-11-20(16)25-22(29)17(2)30-23-27-26-21(18-12-14-24-15-13-18)28(23)19-9-4-3-5-10-19/h3-15,17H,1-2H3,(H,25,29). The normalized spacial score (nSPS) is 11.8. The van der Waals surface area contributed by atoms with E-state index in [-0.39, 0.29) is 11.2 Å². The third-order valence-corrected chi connectivity index (χ3v) is 5.68. The van der Waals surface area contributed by atoms with E-state index in [1.54, 1.807) is 12.4 Å². The van der Waals surface area contributed by atoms with Crippen molar-refractivity contribution >= 4 is 23.4 Å². The Balaban J connectivity index is 1.63. The largest absolute Gasteiger partial charge is 0.325 e. The molecule has 0 aliphatic heterocycles. The molecule has 0 fully saturated rings. The summed E-state index contributed by atoms with van der Waals surface area (Å²) in [4.78, 5) is 16.9. The third-order valence-electron chi connectivity index (χ3n) is 4.64. The molecule has 0 saturated carbocycles. The first-order chi connectivity index (χ1) is 14.6. The van der Waals surface area contributed by atoms with Crippen molar-refractivity contribution < 1.29 is 4.79 Å². The van der Waals surface area contributed by atoms with E-state index < -0.39 is 0 Å². The van der Waals surface area contributed by atoms with Crippen molar-refractivity contribution in [3.63, 3.8) is 0 Å². The summed E-state index contributed by atoms with van der Waals surface area (Å²) >= 11 is 1.38. The number of aryl methyl sites for hydroxylation is 1. The fourth-order valence-corrected chi connectivity index (χ4v) is 3.87. The van der Waals surface area contributed by atoms with Crippen LogP contribution in [0.25, 0.3) is 17.1 Å². The van der Waals surface area contributed by atoms with Crippen molar-refractivity contribution in [3.05, 3.63) is 84.7 Å². The van der Waals surface area contributed by atoms with Crippen LogP contribution in [0.3, 0.4) is 0 Å². The van der Waals surface area contributed by atoms with E-state index >= 15 is 0 Å². The average Bonchev–Trinajstić information content (AvgIpc) is 3.20. The van der Waals surface area contributed by atoms with Crippen molar-refractivity contribution in [2.75, 3.05) is 5.32 Å². The summed E-state index contributed by atoms with van der Waals surface area (Å²) in [6.45, 7) is 3.84. The minimum Gasteiger partial charge on any atom is -0.325 e. The molecule has 1 N–H and O–H groups in total. The third kappa shape index (κ3) is 4.26. The van der Waals surface area contributed by atoms with E-state index in [2.05, 4.69) is 20.5 Å². The Bertz CT molecular complexity index is 1140. The smallest absolute Gasteiger partial charge is 0.237 e. The Morgan fingerprint density at radius 3 is 2.40 bits per heavy atom. The highest BCUT2D eigenvalue weighted by molar-refractivity contribution is 8.00. The van der Waals surface area contributed by atoms with Crippen molar-refractivity contribution in [2.45, 2.75) is 24.3 Å². The second kappa shape index (κ2) is 8.92. The lowest BCUT2D eigenvalue weighted by molar-refractivity contribution is -0.115. The van der Waals surface area contributed by atoms with Gasteiger partial charge in [-0.2, -0.15) is 0 Å². The van der Waals surface area contributed by atoms with Gasteiger partial charge in [-0.1, -0.05) is 48.2 Å². The van der Waals surface area contributed by atoms with E-state index in [9.17, 15) is 4.79 Å². The molecule has 6 nitrogen and oxygen atoms in total. The van der Waals surface area contributed by atoms with Gasteiger partial charge in [0.1, 0.15) is 0 Å². The number of hydrogen-bond acceptors (Lipinski definition) is 5. The summed E-state index contributed by atoms with van der Waals surface area (Å²) in [5, 5.41) is 12.1. The second-order valence-corrected chi connectivity index (χ2v) is 8.09. The number of nitrogens with one attached hydrogen (secondary N) is 1. The maximum atomic E-state index is 12.8. The molecule has 2 aromatic heterocycles. The molecule has 0 bridgehead atoms. The lowest BCUT2D eigenvalue weighted by atomic mass is 10.2. The molecule has 2 aromatic carbocycles. The van der Waals surface area contributed by atoms with Gasteiger partial charge in [0.05, 0.1) is 5.25 Å². The number of aromatic nitrogens is 4. The quantitative estimate of drug-likeness (QED) is 0.460. The van der Waals surface area contributed by atoms with Crippen molar-refractivity contribution in [1.82, 2.24) is 19.7 Å². The number of rotatable bonds is 6. The summed E-state index contributed by atoms with van der Waals surface area (Å²) in [5.74, 6) is 0.625. The van der Waals surface area contributed by atoms with Gasteiger partial charge in [0.2, 0.25) is 5.91 Å². The van der Waals surface area contributed by atoms with Gasteiger partial charge in [-0.05, 0) is 49.7 Å². The van der Waals surface area contributed by atoms with Crippen LogP contribution in [0.2, 0.25) is 0 Å². The molecule has 1 amide bonds. The molecule has 2 heterocycles. The predicted molar refractivity (Wildman–Crippen MR) is 120 cm³/mol. The summed E-state index contributed by atoms with van der Waals surface area (Å²) in [6, 6.07) is 21.4. The fraction of sp³-hybridized carbons (Fsp3) is 0.130. The van der Waals surface area contributed by atoms with Crippen LogP contribution < -0.4 is 5.32 Å². The molecular weight excluding hydrogens is 394 g/mol. The number of pyridine rings is 1. The van der Waals surface area contributed by atoms with Crippen molar-refractivity contribution in [1.29, 1.82) is 0 Å². The molecule has 7 heteroatoms. The SMILES string of the molecule is Cc1ccccc1NC(=O)C(C)Sc1nnc(-c2ccncc2)n1-c1ccccc1. The number of nitrogens with zero attached hydrogens (tertiary/aromatic N) is 4. The minimum absolute atomic E-state index is 0.0811. The number of carbonyl (C=O) groups is 1. The zero-order valence-corrected chi connectivity index (χ0v) is 17.5. The Morgan fingerprint density at radius 1 is 0.967 bits per heavy atom. The molecule has 150 valence electrons. The molecule has 4 rings (SSSR count). The zero-order valence-electron chi connectivity index (χ0n) is 16.7. The molecule has 0 spiro atoms. The number of para-hydroxylation sites is 2. The Morgan fingerprint density at radius 2 is 1.67 bits per heavy atom. The molecule has 0 aliphatic rings. The number of anilines is 1. The number of thioether (sulfide) groups is 1. The average molecular weight is 416 g/mol. The Kier molecular flexibility index (Phi) is 5.90. The van der Waals surface area contributed by atoms with E-state index in [0.717, 1.165) is 22.5 Å². The molecule has 4 aromatic rings. The lowest BCUT2D eigenvalue weighted by Gasteiger charge is -2.14. The van der Waals surface area contributed by atoms with Crippen LogP contribution in [-0.4, -0.2) is 30.9 Å². The first-order valence-corrected chi connectivity index (χ1v) is 10.5. The number of carbonyl (C=O) groups excluding carboxylic acids is 1. The molecule has 30 heavy (non-hydrogen) atoms. The van der Waals surface area contributed by atoms with E-state index in [1.807, 2.05) is 85.1 Å². The molecular formula is C23H21N5OS. The monoisotopic (exact) mass is 415 g/mol. The van der Waals surface area contributed by atoms with Gasteiger partial charge >= 0.3 is 0 Å². The summed E-state index contributed by atoms with van der Waals surface area (Å²) in [7, 11) is 0. The minimum atomic E-state index is -0.360. The highest BCUT2D eigenvalue weighted by Crippen LogP contribution is 2.30. The van der Waals surface area contributed by atoms with E-state index in [0.29, 0.717) is 11.0 Å². The van der Waals surface area contributed by atoms with E-state index in [4.69, 9.17) is 0 Å². The van der Waals surface area contributed by atoms with Crippen LogP contribution in [0.4, 0.5) is 5.69 Å². The highest BCUT2D eigenvalue weighted by atomic mass is 32.2. The highest BCUT2D eigenvalue weighted by Gasteiger charge is 2.22. The van der Waals surface area contributed by atoms with Crippen LogP contribution >= 0.6 is 11.8 Å². The van der Waals surface area contributed by atoms with Gasteiger partial charge in [0.25, 0.3) is 0 Å². The van der Waals surface area contributed by atoms with Gasteiger partial charge in [0.15, 0.2) is 11.0 Å². The maximum Gasteiger partial charge on any atom is 0.237 e. The van der Waals surface area contributed by atoms with Gasteiger partial charge in [-0.25, -0.2) is 0 Å². The molecule has 1 atom stereocenters. The number of amides is 1. The predicted octanol–water partition coefficient (Wildman–Crippen LogP) is 4.76. The topological polar surface area (TPSA) is 72.7 Å². The summed E-state index contributed by atoms with van der Waals surface area (Å²) in [6.07, 6.45) is 3.45. The maximum absolute atomic E-state index is 12.8. The van der Waals surface area contributed by atoms with Crippen LogP contribution in [-0.2, 0) is 4.79 Å². The van der Waals surface area contributed by atoms with Gasteiger partial charge in [-0.15, -0.1) is 10.2 Å². The van der Waals surface area contributed by atoms with Crippen molar-refractivity contribution in [3.8, 4) is 17.1 Å². The van der Waals surface area contributed by atoms with Gasteiger partial charge < -0.3 is 5.32 Å². The molecule has 1 unspecified atom stereocenters. The Hall–Kier alpha value is -3.45. The first kappa shape index (κ1) is 19.8. The zero-order chi connectivity index (χ0) is 20.9. The Labute approximate surface area is 179 Å². The lowest BCUT2D eigenvalue weighted by Crippen LogP contribution is -2.23. The van der Waals surface area contributed by atoms with Crippen LogP contribution in [0.5, 0.6) is 0 Å². The fourth-order valence-electron chi connectivity index (χ4n) is 3.00. The first-order valence-electron chi connectivity index (χ1n) is 9.58. The summed E-state index contributed by atoms with van der Waals surface area (Å²) < 4.78 is 1.97. The van der Waals surface area contributed by atoms with E-state index in [1.165, 1.54) is 11.8 Å². The second-order valence-electron chi connectivity index (χ2n) is 6.78. The van der Waals surface area contributed by atoms with Crippen molar-refractivity contribution in [2.24, 2.45) is 0 Å². The molecule has 0 radical (unpaired) electrons. The van der Waals surface area contributed by atoms with Gasteiger partial charge in [0, 0.05) is 29.3 Å². The molecule has 0 saturated heterocycles. The summed E-state index contributed by atoms with van der Waals surface area (Å²) in [5.41, 5.74) is 3.68. The number of benzene rings is 2. The van der Waals surface area contributed by atoms with Crippen LogP contribution in [0.15, 0.2) is 84.3 Å². The van der Waals surface area contributed by atoms with Crippen LogP contribution in [0.1, 0.15) is 12.5 Å². The van der Waals surface area contributed by atoms with Crippen LogP contribution in [0, 0.1) is 6.92 Å². The number of hydrogen-bond donors (Lipinski definition) is 1. The van der Waals surface area contributed by atoms with Gasteiger partial charge in [-0.3, -0.25) is 14.3 Å².